The van der Waals surface area contributed by atoms with Crippen LogP contribution in [-0.2, 0) is 13.1 Å². The molecule has 7 nitrogen and oxygen atoms in total. The number of thiophene rings is 1. The van der Waals surface area contributed by atoms with Crippen molar-refractivity contribution in [2.45, 2.75) is 38.4 Å². The normalized spacial score (nSPS) is 19.2. The van der Waals surface area contributed by atoms with Crippen molar-refractivity contribution in [1.82, 2.24) is 29.8 Å². The molecule has 1 aliphatic rings. The smallest absolute Gasteiger partial charge is 0.241 e. The second kappa shape index (κ2) is 6.59. The zero-order valence-corrected chi connectivity index (χ0v) is 13.5. The van der Waals surface area contributed by atoms with Crippen molar-refractivity contribution in [2.75, 3.05) is 6.54 Å². The van der Waals surface area contributed by atoms with Gasteiger partial charge in [0.1, 0.15) is 12.7 Å². The first-order valence-electron chi connectivity index (χ1n) is 7.80. The number of aromatic nitrogens is 5. The third-order valence-corrected chi connectivity index (χ3v) is 4.88. The lowest BCUT2D eigenvalue weighted by Gasteiger charge is -2.34. The lowest BCUT2D eigenvalue weighted by molar-refractivity contribution is 0.108. The Hall–Kier alpha value is -2.06. The molecule has 1 aliphatic heterocycles. The van der Waals surface area contributed by atoms with E-state index in [-0.39, 0.29) is 0 Å². The molecule has 8 heteroatoms. The third-order valence-electron chi connectivity index (χ3n) is 4.20. The summed E-state index contributed by atoms with van der Waals surface area (Å²) >= 11 is 1.63. The average molecular weight is 330 g/mol. The van der Waals surface area contributed by atoms with Crippen LogP contribution in [0, 0.1) is 0 Å². The average Bonchev–Trinajstić information content (AvgIpc) is 3.31. The van der Waals surface area contributed by atoms with E-state index in [1.807, 2.05) is 21.5 Å². The number of nitrogens with zero attached hydrogens (tertiary/aromatic N) is 6. The van der Waals surface area contributed by atoms with E-state index in [4.69, 9.17) is 4.52 Å². The molecule has 0 radical (unpaired) electrons. The highest BCUT2D eigenvalue weighted by Crippen LogP contribution is 2.22. The molecule has 1 fully saturated rings. The summed E-state index contributed by atoms with van der Waals surface area (Å²) in [6.45, 7) is 2.59. The van der Waals surface area contributed by atoms with Crippen molar-refractivity contribution in [3.8, 4) is 11.4 Å². The van der Waals surface area contributed by atoms with E-state index >= 15 is 0 Å². The van der Waals surface area contributed by atoms with Gasteiger partial charge in [0.2, 0.25) is 11.7 Å². The molecule has 0 saturated carbocycles. The summed E-state index contributed by atoms with van der Waals surface area (Å²) in [6.07, 6.45) is 6.97. The molecule has 0 aliphatic carbocycles. The summed E-state index contributed by atoms with van der Waals surface area (Å²) in [6, 6.07) is 2.44. The highest BCUT2D eigenvalue weighted by molar-refractivity contribution is 7.08. The van der Waals surface area contributed by atoms with E-state index in [0.717, 1.165) is 25.1 Å². The van der Waals surface area contributed by atoms with Gasteiger partial charge in [0, 0.05) is 17.0 Å². The van der Waals surface area contributed by atoms with E-state index < -0.39 is 0 Å². The van der Waals surface area contributed by atoms with Gasteiger partial charge in [-0.25, -0.2) is 4.98 Å². The number of rotatable bonds is 5. The molecule has 3 aromatic heterocycles. The lowest BCUT2D eigenvalue weighted by Crippen LogP contribution is -2.41. The van der Waals surface area contributed by atoms with E-state index in [1.54, 1.807) is 24.0 Å². The maximum atomic E-state index is 5.44. The Balaban J connectivity index is 1.45. The summed E-state index contributed by atoms with van der Waals surface area (Å²) in [4.78, 5) is 11.0. The Kier molecular flexibility index (Phi) is 4.16. The van der Waals surface area contributed by atoms with Crippen LogP contribution in [0.1, 0.15) is 25.2 Å². The van der Waals surface area contributed by atoms with Crippen molar-refractivity contribution in [1.29, 1.82) is 0 Å². The van der Waals surface area contributed by atoms with Gasteiger partial charge in [-0.1, -0.05) is 11.6 Å². The summed E-state index contributed by atoms with van der Waals surface area (Å²) in [5, 5.41) is 12.4. The van der Waals surface area contributed by atoms with Crippen LogP contribution in [0.25, 0.3) is 11.4 Å². The zero-order chi connectivity index (χ0) is 15.5. The molecule has 0 N–H and O–H groups in total. The molecule has 0 spiro atoms. The van der Waals surface area contributed by atoms with Crippen LogP contribution in [0.2, 0.25) is 0 Å². The summed E-state index contributed by atoms with van der Waals surface area (Å²) < 4.78 is 7.34. The molecule has 1 unspecified atom stereocenters. The Labute approximate surface area is 138 Å². The summed E-state index contributed by atoms with van der Waals surface area (Å²) in [5.74, 6) is 1.35. The monoisotopic (exact) mass is 330 g/mol. The van der Waals surface area contributed by atoms with Gasteiger partial charge in [-0.3, -0.25) is 9.58 Å². The van der Waals surface area contributed by atoms with E-state index in [0.29, 0.717) is 24.3 Å². The second-order valence-corrected chi connectivity index (χ2v) is 6.54. The quantitative estimate of drug-likeness (QED) is 0.715. The predicted octanol–water partition coefficient (Wildman–Crippen LogP) is 2.44. The number of hydrogen-bond donors (Lipinski definition) is 0. The fourth-order valence-electron chi connectivity index (χ4n) is 3.02. The van der Waals surface area contributed by atoms with Crippen molar-refractivity contribution in [3.63, 3.8) is 0 Å². The van der Waals surface area contributed by atoms with Crippen molar-refractivity contribution in [2.24, 2.45) is 0 Å². The highest BCUT2D eigenvalue weighted by atomic mass is 32.1. The van der Waals surface area contributed by atoms with Crippen LogP contribution < -0.4 is 0 Å². The molecule has 4 rings (SSSR count). The van der Waals surface area contributed by atoms with Gasteiger partial charge in [-0.05, 0) is 30.8 Å². The first-order chi connectivity index (χ1) is 11.4. The molecular weight excluding hydrogens is 312 g/mol. The van der Waals surface area contributed by atoms with E-state index in [1.165, 1.54) is 12.8 Å². The SMILES string of the molecule is c1ncn(CC2CCCCN2Cc2nc(-c3ccsc3)no2)n1. The van der Waals surface area contributed by atoms with Crippen LogP contribution in [0.4, 0.5) is 0 Å². The topological polar surface area (TPSA) is 72.9 Å². The van der Waals surface area contributed by atoms with Gasteiger partial charge in [0.25, 0.3) is 0 Å². The van der Waals surface area contributed by atoms with E-state index in [9.17, 15) is 0 Å². The van der Waals surface area contributed by atoms with Gasteiger partial charge in [-0.15, -0.1) is 0 Å². The van der Waals surface area contributed by atoms with Crippen LogP contribution in [-0.4, -0.2) is 42.4 Å². The van der Waals surface area contributed by atoms with Gasteiger partial charge >= 0.3 is 0 Å². The fourth-order valence-corrected chi connectivity index (χ4v) is 3.65. The second-order valence-electron chi connectivity index (χ2n) is 5.76. The van der Waals surface area contributed by atoms with Crippen molar-refractivity contribution in [3.05, 3.63) is 35.4 Å². The summed E-state index contributed by atoms with van der Waals surface area (Å²) in [5.41, 5.74) is 1.02. The standard InChI is InChI=1S/C15H18N6OS/c1-2-5-20(13(3-1)7-21-11-16-10-17-21)8-14-18-15(19-22-14)12-4-6-23-9-12/h4,6,9-11,13H,1-3,5,7-8H2. The highest BCUT2D eigenvalue weighted by Gasteiger charge is 2.25. The van der Waals surface area contributed by atoms with Crippen LogP contribution in [0.15, 0.2) is 34.0 Å². The molecule has 120 valence electrons. The molecule has 1 atom stereocenters. The lowest BCUT2D eigenvalue weighted by atomic mass is 10.0. The molecule has 0 amide bonds. The summed E-state index contributed by atoms with van der Waals surface area (Å²) in [7, 11) is 0. The molecule has 1 saturated heterocycles. The van der Waals surface area contributed by atoms with Gasteiger partial charge in [0.15, 0.2) is 0 Å². The minimum atomic E-state index is 0.432. The Bertz CT molecular complexity index is 723. The Morgan fingerprint density at radius 3 is 3.17 bits per heavy atom. The predicted molar refractivity (Wildman–Crippen MR) is 85.7 cm³/mol. The third kappa shape index (κ3) is 3.32. The zero-order valence-electron chi connectivity index (χ0n) is 12.7. The van der Waals surface area contributed by atoms with Crippen molar-refractivity contribution < 1.29 is 4.52 Å². The van der Waals surface area contributed by atoms with E-state index in [2.05, 4.69) is 25.1 Å². The Morgan fingerprint density at radius 2 is 2.35 bits per heavy atom. The molecule has 0 aromatic carbocycles. The van der Waals surface area contributed by atoms with Gasteiger partial charge in [0.05, 0.1) is 13.1 Å². The number of piperidine rings is 1. The molecule has 23 heavy (non-hydrogen) atoms. The molecule has 0 bridgehead atoms. The van der Waals surface area contributed by atoms with Gasteiger partial charge in [-0.2, -0.15) is 21.4 Å². The minimum Gasteiger partial charge on any atom is -0.338 e. The maximum Gasteiger partial charge on any atom is 0.241 e. The van der Waals surface area contributed by atoms with Crippen LogP contribution >= 0.6 is 11.3 Å². The minimum absolute atomic E-state index is 0.432. The fraction of sp³-hybridized carbons (Fsp3) is 0.467. The molecular formula is C15H18N6OS. The largest absolute Gasteiger partial charge is 0.338 e. The van der Waals surface area contributed by atoms with Crippen LogP contribution in [0.5, 0.6) is 0 Å². The Morgan fingerprint density at radius 1 is 1.35 bits per heavy atom. The van der Waals surface area contributed by atoms with Crippen LogP contribution in [0.3, 0.4) is 0 Å². The molecule has 4 heterocycles. The first kappa shape index (κ1) is 14.5. The van der Waals surface area contributed by atoms with Crippen molar-refractivity contribution >= 4 is 11.3 Å². The number of likely N-dealkylation sites (tertiary alicyclic amines) is 1. The molecule has 3 aromatic rings. The maximum absolute atomic E-state index is 5.44. The number of hydrogen-bond acceptors (Lipinski definition) is 7. The van der Waals surface area contributed by atoms with Gasteiger partial charge < -0.3 is 4.52 Å². The first-order valence-corrected chi connectivity index (χ1v) is 8.74.